The van der Waals surface area contributed by atoms with E-state index >= 15 is 0 Å². The summed E-state index contributed by atoms with van der Waals surface area (Å²) in [6.45, 7) is 0.131. The summed E-state index contributed by atoms with van der Waals surface area (Å²) < 4.78 is 7.55. The lowest BCUT2D eigenvalue weighted by Gasteiger charge is -2.24. The summed E-state index contributed by atoms with van der Waals surface area (Å²) in [6.07, 6.45) is -1.06. The number of imidazole rings is 1. The highest BCUT2D eigenvalue weighted by atomic mass is 16.6. The molecule has 6 rings (SSSR count). The molecule has 0 aliphatic carbocycles. The van der Waals surface area contributed by atoms with E-state index in [0.717, 1.165) is 5.56 Å². The summed E-state index contributed by atoms with van der Waals surface area (Å²) in [5, 5.41) is 21.6. The van der Waals surface area contributed by atoms with Crippen LogP contribution in [0.25, 0.3) is 11.2 Å². The van der Waals surface area contributed by atoms with E-state index in [1.807, 2.05) is 36.4 Å². The van der Waals surface area contributed by atoms with Crippen LogP contribution >= 0.6 is 0 Å². The van der Waals surface area contributed by atoms with Crippen LogP contribution < -0.4 is 10.6 Å². The van der Waals surface area contributed by atoms with Crippen molar-refractivity contribution in [2.75, 3.05) is 17.2 Å². The minimum Gasteiger partial charge on any atom is -0.388 e. The minimum absolute atomic E-state index is 0.131. The first kappa shape index (κ1) is 24.9. The number of hydrogen-bond acceptors (Lipinski definition) is 9. The summed E-state index contributed by atoms with van der Waals surface area (Å²) in [6, 6.07) is 17.1. The molecule has 2 aliphatic rings. The normalized spacial score (nSPS) is 25.2. The lowest BCUT2D eigenvalue weighted by Crippen LogP contribution is -2.40. The minimum atomic E-state index is -1.28. The van der Waals surface area contributed by atoms with Crippen LogP contribution in [0.5, 0.6) is 0 Å². The number of para-hydroxylation sites is 1. The molecular weight excluding hydrogens is 502 g/mol. The van der Waals surface area contributed by atoms with Gasteiger partial charge in [0.2, 0.25) is 0 Å². The molecule has 2 aromatic heterocycles. The predicted molar refractivity (Wildman–Crippen MR) is 140 cm³/mol. The number of urea groups is 1. The van der Waals surface area contributed by atoms with Crippen LogP contribution in [0.4, 0.5) is 16.3 Å². The highest BCUT2D eigenvalue weighted by Gasteiger charge is 2.48. The van der Waals surface area contributed by atoms with Gasteiger partial charge in [-0.25, -0.2) is 24.6 Å². The standard InChI is InChI=1S/C27H27N7O5/c28-23-20-24(30-14-29-23)33(15-31-20)26-22(36)21(35)19(39-26)11-12-32-18(13-16-7-3-1-4-8-16)25(37)34(27(32)38)17-9-5-2-6-10-17/h1-10,14-15,18-19,21-22,26,35-36H,11-13H2,(H2,28,29,30)/t18?,19-,21-,22?,26-/m1/s1. The molecule has 200 valence electrons. The van der Waals surface area contributed by atoms with Crippen molar-refractivity contribution in [3.63, 3.8) is 0 Å². The van der Waals surface area contributed by atoms with E-state index in [-0.39, 0.29) is 24.7 Å². The molecule has 0 spiro atoms. The Morgan fingerprint density at radius 2 is 1.64 bits per heavy atom. The van der Waals surface area contributed by atoms with E-state index < -0.39 is 36.6 Å². The van der Waals surface area contributed by atoms with Gasteiger partial charge < -0.3 is 25.6 Å². The molecule has 2 aliphatic heterocycles. The predicted octanol–water partition coefficient (Wildman–Crippen LogP) is 1.50. The number of nitrogens with two attached hydrogens (primary N) is 1. The number of aliphatic hydroxyl groups excluding tert-OH is 2. The van der Waals surface area contributed by atoms with Crippen molar-refractivity contribution >= 4 is 34.6 Å². The van der Waals surface area contributed by atoms with Gasteiger partial charge in [-0.3, -0.25) is 9.36 Å². The van der Waals surface area contributed by atoms with Crippen molar-refractivity contribution in [2.24, 2.45) is 0 Å². The summed E-state index contributed by atoms with van der Waals surface area (Å²) in [5.74, 6) is -0.129. The van der Waals surface area contributed by atoms with Gasteiger partial charge in [0.1, 0.15) is 30.1 Å². The molecule has 0 radical (unpaired) electrons. The zero-order valence-corrected chi connectivity index (χ0v) is 20.8. The van der Waals surface area contributed by atoms with E-state index in [1.54, 1.807) is 24.3 Å². The molecule has 12 heteroatoms. The number of aromatic nitrogens is 4. The average Bonchev–Trinajstić information content (AvgIpc) is 3.57. The van der Waals surface area contributed by atoms with Crippen molar-refractivity contribution in [1.29, 1.82) is 0 Å². The van der Waals surface area contributed by atoms with E-state index in [2.05, 4.69) is 15.0 Å². The number of fused-ring (bicyclic) bond motifs is 1. The first-order chi connectivity index (χ1) is 18.9. The van der Waals surface area contributed by atoms with Crippen molar-refractivity contribution < 1.29 is 24.5 Å². The molecule has 4 aromatic rings. The van der Waals surface area contributed by atoms with Crippen LogP contribution in [0.15, 0.2) is 73.3 Å². The molecular formula is C27H27N7O5. The van der Waals surface area contributed by atoms with Crippen molar-refractivity contribution in [3.8, 4) is 0 Å². The van der Waals surface area contributed by atoms with E-state index in [0.29, 0.717) is 23.3 Å². The molecule has 0 saturated carbocycles. The molecule has 5 atom stereocenters. The summed E-state index contributed by atoms with van der Waals surface area (Å²) >= 11 is 0. The van der Waals surface area contributed by atoms with Crippen molar-refractivity contribution in [2.45, 2.75) is 43.4 Å². The highest BCUT2D eigenvalue weighted by molar-refractivity contribution is 6.21. The maximum Gasteiger partial charge on any atom is 0.332 e. The fourth-order valence-electron chi connectivity index (χ4n) is 5.26. The van der Waals surface area contributed by atoms with Crippen LogP contribution in [0.3, 0.4) is 0 Å². The zero-order valence-electron chi connectivity index (χ0n) is 20.8. The topological polar surface area (TPSA) is 160 Å². The second kappa shape index (κ2) is 10.1. The van der Waals surface area contributed by atoms with Gasteiger partial charge in [0.15, 0.2) is 17.7 Å². The molecule has 2 aromatic carbocycles. The number of carbonyl (C=O) groups excluding carboxylic acids is 2. The number of carbonyl (C=O) groups is 2. The van der Waals surface area contributed by atoms with E-state index in [1.165, 1.54) is 27.0 Å². The van der Waals surface area contributed by atoms with E-state index in [4.69, 9.17) is 10.5 Å². The Bertz CT molecular complexity index is 1500. The quantitative estimate of drug-likeness (QED) is 0.301. The number of hydrogen-bond donors (Lipinski definition) is 3. The van der Waals surface area contributed by atoms with E-state index in [9.17, 15) is 19.8 Å². The fourth-order valence-corrected chi connectivity index (χ4v) is 5.26. The number of amides is 3. The van der Waals surface area contributed by atoms with Crippen LogP contribution in [0.2, 0.25) is 0 Å². The number of benzene rings is 2. The SMILES string of the molecule is Nc1ncnc2c1ncn2[C@@H]1O[C@H](CCN2C(=O)N(c3ccccc3)C(=O)C2Cc2ccccc2)[C@@H](O)C1O. The summed E-state index contributed by atoms with van der Waals surface area (Å²) in [7, 11) is 0. The van der Waals surface area contributed by atoms with Gasteiger partial charge in [-0.1, -0.05) is 48.5 Å². The monoisotopic (exact) mass is 529 g/mol. The van der Waals surface area contributed by atoms with Crippen molar-refractivity contribution in [3.05, 3.63) is 78.9 Å². The molecule has 2 unspecified atom stereocenters. The average molecular weight is 530 g/mol. The van der Waals surface area contributed by atoms with Gasteiger partial charge in [-0.2, -0.15) is 0 Å². The summed E-state index contributed by atoms with van der Waals surface area (Å²) in [4.78, 5) is 42.1. The molecule has 4 heterocycles. The highest BCUT2D eigenvalue weighted by Crippen LogP contribution is 2.34. The molecule has 2 saturated heterocycles. The third-order valence-corrected chi connectivity index (χ3v) is 7.26. The molecule has 39 heavy (non-hydrogen) atoms. The van der Waals surface area contributed by atoms with Gasteiger partial charge in [0, 0.05) is 13.0 Å². The van der Waals surface area contributed by atoms with Gasteiger partial charge in [-0.15, -0.1) is 0 Å². The number of nitrogens with zero attached hydrogens (tertiary/aromatic N) is 6. The number of nitrogen functional groups attached to an aromatic ring is 1. The zero-order chi connectivity index (χ0) is 27.1. The van der Waals surface area contributed by atoms with Crippen LogP contribution in [-0.2, 0) is 16.0 Å². The number of anilines is 2. The van der Waals surface area contributed by atoms with Crippen LogP contribution in [-0.4, -0.2) is 77.5 Å². The van der Waals surface area contributed by atoms with Gasteiger partial charge in [-0.05, 0) is 24.1 Å². The summed E-state index contributed by atoms with van der Waals surface area (Å²) in [5.41, 5.74) is 8.01. The lowest BCUT2D eigenvalue weighted by molar-refractivity contribution is -0.119. The molecule has 2 fully saturated rings. The molecule has 3 amide bonds. The molecule has 4 N–H and O–H groups in total. The number of imide groups is 1. The maximum atomic E-state index is 13.5. The van der Waals surface area contributed by atoms with Gasteiger partial charge in [0.05, 0.1) is 18.1 Å². The Morgan fingerprint density at radius 1 is 0.923 bits per heavy atom. The Kier molecular flexibility index (Phi) is 6.43. The second-order valence-electron chi connectivity index (χ2n) is 9.61. The third-order valence-electron chi connectivity index (χ3n) is 7.26. The Labute approximate surface area is 223 Å². The Hall–Kier alpha value is -4.39. The third kappa shape index (κ3) is 4.38. The number of rotatable bonds is 7. The maximum absolute atomic E-state index is 13.5. The Morgan fingerprint density at radius 3 is 2.38 bits per heavy atom. The largest absolute Gasteiger partial charge is 0.388 e. The second-order valence-corrected chi connectivity index (χ2v) is 9.61. The van der Waals surface area contributed by atoms with Crippen LogP contribution in [0, 0.1) is 0 Å². The molecule has 0 bridgehead atoms. The number of aliphatic hydroxyl groups is 2. The lowest BCUT2D eigenvalue weighted by atomic mass is 10.0. The van der Waals surface area contributed by atoms with Crippen LogP contribution in [0.1, 0.15) is 18.2 Å². The fraction of sp³-hybridized carbons (Fsp3) is 0.296. The van der Waals surface area contributed by atoms with Gasteiger partial charge in [0.25, 0.3) is 5.91 Å². The smallest absolute Gasteiger partial charge is 0.332 e. The Balaban J connectivity index is 1.23. The van der Waals surface area contributed by atoms with Gasteiger partial charge >= 0.3 is 6.03 Å². The molecule has 12 nitrogen and oxygen atoms in total. The first-order valence-corrected chi connectivity index (χ1v) is 12.6. The number of ether oxygens (including phenoxy) is 1. The van der Waals surface area contributed by atoms with Crippen molar-refractivity contribution in [1.82, 2.24) is 24.4 Å². The first-order valence-electron chi connectivity index (χ1n) is 12.6.